The normalized spacial score (nSPS) is 12.4. The van der Waals surface area contributed by atoms with Gasteiger partial charge in [0.05, 0.1) is 11.6 Å². The quantitative estimate of drug-likeness (QED) is 0.399. The SMILES string of the molecule is CC(C)(C)COc1ccc(-c2nc(-c3cc(CNC(=O)C(C)(C)C(F)(F)F)ccc3Cl)[nH]c(=O)n2)cc1. The maximum absolute atomic E-state index is 13.1. The Bertz CT molecular complexity index is 1330. The van der Waals surface area contributed by atoms with E-state index in [-0.39, 0.29) is 28.6 Å². The summed E-state index contributed by atoms with van der Waals surface area (Å²) in [5.41, 5.74) is -1.85. The summed E-state index contributed by atoms with van der Waals surface area (Å²) in [5, 5.41) is 2.55. The number of amides is 1. The Labute approximate surface area is 217 Å². The van der Waals surface area contributed by atoms with Crippen LogP contribution in [0.4, 0.5) is 13.2 Å². The Kier molecular flexibility index (Phi) is 8.02. The zero-order chi connectivity index (χ0) is 27.6. The van der Waals surface area contributed by atoms with Gasteiger partial charge in [0, 0.05) is 17.7 Å². The van der Waals surface area contributed by atoms with Crippen LogP contribution in [-0.4, -0.2) is 33.6 Å². The number of rotatable bonds is 7. The predicted octanol–water partition coefficient (Wildman–Crippen LogP) is 5.78. The van der Waals surface area contributed by atoms with E-state index in [2.05, 4.69) is 41.0 Å². The number of hydrogen-bond donors (Lipinski definition) is 2. The van der Waals surface area contributed by atoms with Crippen molar-refractivity contribution in [3.05, 3.63) is 63.5 Å². The van der Waals surface area contributed by atoms with Gasteiger partial charge in [-0.2, -0.15) is 18.2 Å². The van der Waals surface area contributed by atoms with Gasteiger partial charge in [-0.3, -0.25) is 9.78 Å². The Morgan fingerprint density at radius 2 is 1.68 bits per heavy atom. The van der Waals surface area contributed by atoms with Crippen molar-refractivity contribution in [3.8, 4) is 28.5 Å². The van der Waals surface area contributed by atoms with Crippen molar-refractivity contribution in [3.63, 3.8) is 0 Å². The van der Waals surface area contributed by atoms with Gasteiger partial charge in [0.15, 0.2) is 5.82 Å². The van der Waals surface area contributed by atoms with E-state index >= 15 is 0 Å². The van der Waals surface area contributed by atoms with E-state index in [4.69, 9.17) is 16.3 Å². The number of benzene rings is 2. The number of aromatic nitrogens is 3. The predicted molar refractivity (Wildman–Crippen MR) is 135 cm³/mol. The van der Waals surface area contributed by atoms with Crippen LogP contribution in [-0.2, 0) is 11.3 Å². The van der Waals surface area contributed by atoms with E-state index < -0.39 is 23.2 Å². The molecule has 1 aromatic heterocycles. The lowest BCUT2D eigenvalue weighted by Crippen LogP contribution is -2.46. The molecule has 0 spiro atoms. The minimum Gasteiger partial charge on any atom is -0.493 e. The van der Waals surface area contributed by atoms with E-state index in [0.717, 1.165) is 13.8 Å². The molecule has 0 radical (unpaired) electrons. The van der Waals surface area contributed by atoms with Crippen LogP contribution in [0.15, 0.2) is 47.3 Å². The first-order chi connectivity index (χ1) is 17.1. The Morgan fingerprint density at radius 3 is 2.27 bits per heavy atom. The van der Waals surface area contributed by atoms with E-state index in [1.54, 1.807) is 30.3 Å². The lowest BCUT2D eigenvalue weighted by Gasteiger charge is -2.26. The molecule has 0 saturated heterocycles. The summed E-state index contributed by atoms with van der Waals surface area (Å²) in [7, 11) is 0. The monoisotopic (exact) mass is 536 g/mol. The number of nitrogens with zero attached hydrogens (tertiary/aromatic N) is 2. The van der Waals surface area contributed by atoms with Crippen LogP contribution in [0, 0.1) is 10.8 Å². The van der Waals surface area contributed by atoms with Crippen LogP contribution in [0.3, 0.4) is 0 Å². The molecule has 0 aliphatic carbocycles. The molecule has 0 atom stereocenters. The lowest BCUT2D eigenvalue weighted by atomic mass is 9.91. The van der Waals surface area contributed by atoms with Gasteiger partial charge in [0.1, 0.15) is 17.0 Å². The molecule has 0 fully saturated rings. The highest BCUT2D eigenvalue weighted by Crippen LogP contribution is 2.37. The van der Waals surface area contributed by atoms with E-state index in [1.807, 2.05) is 0 Å². The van der Waals surface area contributed by atoms with Gasteiger partial charge >= 0.3 is 11.9 Å². The van der Waals surface area contributed by atoms with Gasteiger partial charge in [0.2, 0.25) is 5.91 Å². The van der Waals surface area contributed by atoms with Gasteiger partial charge in [-0.1, -0.05) is 38.4 Å². The van der Waals surface area contributed by atoms with Crippen LogP contribution >= 0.6 is 11.6 Å². The summed E-state index contributed by atoms with van der Waals surface area (Å²) < 4.78 is 45.2. The number of H-pyrrole nitrogens is 1. The topological polar surface area (TPSA) is 97.0 Å². The van der Waals surface area contributed by atoms with Crippen molar-refractivity contribution < 1.29 is 22.7 Å². The zero-order valence-corrected chi connectivity index (χ0v) is 21.8. The summed E-state index contributed by atoms with van der Waals surface area (Å²) in [5.74, 6) is -0.223. The number of carbonyl (C=O) groups is 1. The molecular weight excluding hydrogens is 509 g/mol. The molecule has 7 nitrogen and oxygen atoms in total. The van der Waals surface area contributed by atoms with E-state index in [9.17, 15) is 22.8 Å². The number of aromatic amines is 1. The molecule has 0 aliphatic heterocycles. The molecule has 2 N–H and O–H groups in total. The molecule has 198 valence electrons. The van der Waals surface area contributed by atoms with E-state index in [0.29, 0.717) is 29.0 Å². The number of carbonyl (C=O) groups excluding carboxylic acids is 1. The molecule has 11 heteroatoms. The minimum atomic E-state index is -4.70. The van der Waals surface area contributed by atoms with Crippen LogP contribution < -0.4 is 15.7 Å². The van der Waals surface area contributed by atoms with Crippen molar-refractivity contribution >= 4 is 17.5 Å². The van der Waals surface area contributed by atoms with Gasteiger partial charge in [-0.05, 0) is 61.2 Å². The van der Waals surface area contributed by atoms with Crippen molar-refractivity contribution in [2.75, 3.05) is 6.61 Å². The molecule has 0 aliphatic rings. The van der Waals surface area contributed by atoms with Gasteiger partial charge in [-0.25, -0.2) is 9.78 Å². The first kappa shape index (κ1) is 28.2. The van der Waals surface area contributed by atoms with Crippen LogP contribution in [0.25, 0.3) is 22.8 Å². The lowest BCUT2D eigenvalue weighted by molar-refractivity contribution is -0.211. The molecule has 0 saturated carbocycles. The first-order valence-corrected chi connectivity index (χ1v) is 11.8. The number of halogens is 4. The molecule has 3 aromatic rings. The summed E-state index contributed by atoms with van der Waals surface area (Å²) in [6.07, 6.45) is -4.70. The van der Waals surface area contributed by atoms with Gasteiger partial charge in [0.25, 0.3) is 0 Å². The fourth-order valence-electron chi connectivity index (χ4n) is 3.04. The summed E-state index contributed by atoms with van der Waals surface area (Å²) >= 11 is 6.33. The molecule has 0 bridgehead atoms. The second-order valence-corrected chi connectivity index (χ2v) is 10.7. The third-order valence-corrected chi connectivity index (χ3v) is 5.78. The second-order valence-electron chi connectivity index (χ2n) is 10.3. The number of ether oxygens (including phenoxy) is 1. The number of alkyl halides is 3. The van der Waals surface area contributed by atoms with Crippen molar-refractivity contribution in [1.29, 1.82) is 0 Å². The fraction of sp³-hybridized carbons (Fsp3) is 0.385. The average Bonchev–Trinajstić information content (AvgIpc) is 2.80. The first-order valence-electron chi connectivity index (χ1n) is 11.4. The molecular formula is C26H28ClF3N4O3. The third kappa shape index (κ3) is 7.09. The zero-order valence-electron chi connectivity index (χ0n) is 21.1. The molecule has 3 rings (SSSR count). The van der Waals surface area contributed by atoms with Crippen molar-refractivity contribution in [2.24, 2.45) is 10.8 Å². The van der Waals surface area contributed by atoms with Gasteiger partial charge < -0.3 is 10.1 Å². The molecule has 1 heterocycles. The summed E-state index contributed by atoms with van der Waals surface area (Å²) in [6, 6.07) is 11.6. The molecule has 1 amide bonds. The highest BCUT2D eigenvalue weighted by atomic mass is 35.5. The molecule has 0 unspecified atom stereocenters. The third-order valence-electron chi connectivity index (χ3n) is 5.45. The van der Waals surface area contributed by atoms with Crippen molar-refractivity contribution in [1.82, 2.24) is 20.3 Å². The second kappa shape index (κ2) is 10.5. The number of nitrogens with one attached hydrogen (secondary N) is 2. The highest BCUT2D eigenvalue weighted by Gasteiger charge is 2.52. The number of hydrogen-bond acceptors (Lipinski definition) is 5. The molecule has 2 aromatic carbocycles. The standard InChI is InChI=1S/C26H28ClF3N4O3/c1-24(2,3)14-37-17-9-7-16(8-10-17)20-32-21(34-23(36)33-20)18-12-15(6-11-19(18)27)13-31-22(35)25(4,5)26(28,29)30/h6-12H,13-14H2,1-5H3,(H,31,35)(H,32,33,34,36). The molecule has 37 heavy (non-hydrogen) atoms. The minimum absolute atomic E-state index is 0.00540. The van der Waals surface area contributed by atoms with Crippen LogP contribution in [0.1, 0.15) is 40.2 Å². The Hall–Kier alpha value is -3.40. The average molecular weight is 537 g/mol. The van der Waals surface area contributed by atoms with Crippen LogP contribution in [0.5, 0.6) is 5.75 Å². The Balaban J connectivity index is 1.84. The van der Waals surface area contributed by atoms with Gasteiger partial charge in [-0.15, -0.1) is 0 Å². The van der Waals surface area contributed by atoms with Crippen molar-refractivity contribution in [2.45, 2.75) is 47.3 Å². The maximum Gasteiger partial charge on any atom is 0.402 e. The smallest absolute Gasteiger partial charge is 0.402 e. The highest BCUT2D eigenvalue weighted by molar-refractivity contribution is 6.33. The summed E-state index contributed by atoms with van der Waals surface area (Å²) in [4.78, 5) is 35.3. The largest absolute Gasteiger partial charge is 0.493 e. The Morgan fingerprint density at radius 1 is 1.03 bits per heavy atom. The van der Waals surface area contributed by atoms with Crippen LogP contribution in [0.2, 0.25) is 5.02 Å². The maximum atomic E-state index is 13.1. The fourth-order valence-corrected chi connectivity index (χ4v) is 3.24. The summed E-state index contributed by atoms with van der Waals surface area (Å²) in [6.45, 7) is 8.15. The van der Waals surface area contributed by atoms with E-state index in [1.165, 1.54) is 12.1 Å².